The van der Waals surface area contributed by atoms with Gasteiger partial charge in [-0.3, -0.25) is 0 Å². The fraction of sp³-hybridized carbons (Fsp3) is 0.217. The van der Waals surface area contributed by atoms with Crippen LogP contribution in [-0.4, -0.2) is 6.92 Å². The first-order valence-corrected chi connectivity index (χ1v) is 9.13. The Hall–Kier alpha value is -2.32. The molecule has 0 N–H and O–H groups in total. The second kappa shape index (κ2) is 9.85. The Morgan fingerprint density at radius 2 is 0.920 bits per heavy atom. The summed E-state index contributed by atoms with van der Waals surface area (Å²) in [5.74, 6) is 0. The molecule has 1 nitrogen and oxygen atoms in total. The smallest absolute Gasteiger partial charge is 0.294 e. The minimum Gasteiger partial charge on any atom is -0.432 e. The molecular weight excluding hydrogens is 303 g/mol. The average molecular weight is 328 g/mol. The fourth-order valence-electron chi connectivity index (χ4n) is 3.04. The van der Waals surface area contributed by atoms with Gasteiger partial charge in [-0.15, -0.1) is 0 Å². The van der Waals surface area contributed by atoms with E-state index in [2.05, 4.69) is 84.9 Å². The van der Waals surface area contributed by atoms with Crippen molar-refractivity contribution < 1.29 is 4.65 Å². The summed E-state index contributed by atoms with van der Waals surface area (Å²) in [6, 6.07) is 31.8. The molecule has 0 aliphatic heterocycles. The van der Waals surface area contributed by atoms with Crippen molar-refractivity contribution >= 4 is 6.92 Å². The van der Waals surface area contributed by atoms with Gasteiger partial charge < -0.3 is 4.65 Å². The van der Waals surface area contributed by atoms with Gasteiger partial charge in [-0.25, -0.2) is 0 Å². The second-order valence-electron chi connectivity index (χ2n) is 6.47. The van der Waals surface area contributed by atoms with E-state index in [1.807, 2.05) is 6.07 Å². The molecule has 3 rings (SSSR count). The molecule has 0 atom stereocenters. The Labute approximate surface area is 151 Å². The predicted octanol–water partition coefficient (Wildman–Crippen LogP) is 5.68. The zero-order chi connectivity index (χ0) is 17.2. The van der Waals surface area contributed by atoms with E-state index in [0.717, 1.165) is 25.5 Å². The van der Waals surface area contributed by atoms with Gasteiger partial charge in [-0.05, 0) is 42.2 Å². The Morgan fingerprint density at radius 1 is 0.520 bits per heavy atom. The van der Waals surface area contributed by atoms with Gasteiger partial charge in [0.15, 0.2) is 0 Å². The van der Waals surface area contributed by atoms with E-state index >= 15 is 0 Å². The minimum atomic E-state index is 0.278. The maximum absolute atomic E-state index is 6.27. The molecule has 0 heterocycles. The zero-order valence-corrected chi connectivity index (χ0v) is 14.7. The van der Waals surface area contributed by atoms with Crippen LogP contribution in [0.4, 0.5) is 0 Å². The highest BCUT2D eigenvalue weighted by Gasteiger charge is 2.16. The van der Waals surface area contributed by atoms with Crippen molar-refractivity contribution in [1.29, 1.82) is 0 Å². The normalized spacial score (nSPS) is 10.6. The number of hydrogen-bond donors (Lipinski definition) is 0. The fourth-order valence-corrected chi connectivity index (χ4v) is 3.04. The molecule has 3 aromatic carbocycles. The molecule has 0 spiro atoms. The van der Waals surface area contributed by atoms with Gasteiger partial charge >= 0.3 is 0 Å². The highest BCUT2D eigenvalue weighted by atomic mass is 16.4. The lowest BCUT2D eigenvalue weighted by molar-refractivity contribution is 0.306. The van der Waals surface area contributed by atoms with Crippen molar-refractivity contribution in [2.75, 3.05) is 0 Å². The predicted molar refractivity (Wildman–Crippen MR) is 107 cm³/mol. The first kappa shape index (κ1) is 17.5. The maximum atomic E-state index is 6.27. The van der Waals surface area contributed by atoms with Crippen molar-refractivity contribution in [3.63, 3.8) is 0 Å². The summed E-state index contributed by atoms with van der Waals surface area (Å²) in [5, 5.41) is 0. The SMILES string of the molecule is c1ccc(CCB(CCc2ccccc2)OCc2ccccc2)cc1. The summed E-state index contributed by atoms with van der Waals surface area (Å²) in [7, 11) is 0. The number of rotatable bonds is 9. The van der Waals surface area contributed by atoms with Crippen LogP contribution in [0.1, 0.15) is 16.7 Å². The highest BCUT2D eigenvalue weighted by Crippen LogP contribution is 2.14. The molecule has 0 saturated heterocycles. The van der Waals surface area contributed by atoms with Crippen LogP contribution in [0.2, 0.25) is 12.6 Å². The third-order valence-corrected chi connectivity index (χ3v) is 4.52. The lowest BCUT2D eigenvalue weighted by Crippen LogP contribution is -2.19. The standard InChI is InChI=1S/C23H25BO/c1-4-10-21(11-5-1)16-18-24(19-17-22-12-6-2-7-13-22)25-20-23-14-8-3-9-15-23/h1-15H,16-20H2. The first-order valence-electron chi connectivity index (χ1n) is 9.13. The van der Waals surface area contributed by atoms with Crippen LogP contribution in [0.25, 0.3) is 0 Å². The Balaban J connectivity index is 1.56. The van der Waals surface area contributed by atoms with Crippen molar-refractivity contribution in [1.82, 2.24) is 0 Å². The summed E-state index contributed by atoms with van der Waals surface area (Å²) in [4.78, 5) is 0. The summed E-state index contributed by atoms with van der Waals surface area (Å²) < 4.78 is 6.27. The van der Waals surface area contributed by atoms with E-state index in [1.165, 1.54) is 16.7 Å². The molecule has 0 aliphatic carbocycles. The topological polar surface area (TPSA) is 9.23 Å². The van der Waals surface area contributed by atoms with Gasteiger partial charge in [0.05, 0.1) is 6.61 Å². The van der Waals surface area contributed by atoms with Gasteiger partial charge in [0, 0.05) is 0 Å². The number of benzene rings is 3. The average Bonchev–Trinajstić information content (AvgIpc) is 2.70. The summed E-state index contributed by atoms with van der Waals surface area (Å²) in [6.07, 6.45) is 4.25. The van der Waals surface area contributed by atoms with Crippen LogP contribution >= 0.6 is 0 Å². The summed E-state index contributed by atoms with van der Waals surface area (Å²) in [5.41, 5.74) is 4.01. The van der Waals surface area contributed by atoms with E-state index in [1.54, 1.807) is 0 Å². The summed E-state index contributed by atoms with van der Waals surface area (Å²) >= 11 is 0. The molecule has 3 aromatic rings. The summed E-state index contributed by atoms with van der Waals surface area (Å²) in [6.45, 7) is 0.968. The van der Waals surface area contributed by atoms with Crippen LogP contribution in [0.15, 0.2) is 91.0 Å². The monoisotopic (exact) mass is 328 g/mol. The van der Waals surface area contributed by atoms with Gasteiger partial charge in [0.1, 0.15) is 0 Å². The van der Waals surface area contributed by atoms with E-state index in [9.17, 15) is 0 Å². The maximum Gasteiger partial charge on any atom is 0.294 e. The zero-order valence-electron chi connectivity index (χ0n) is 14.7. The molecule has 0 saturated carbocycles. The van der Waals surface area contributed by atoms with Crippen molar-refractivity contribution in [3.8, 4) is 0 Å². The van der Waals surface area contributed by atoms with Gasteiger partial charge in [0.25, 0.3) is 6.92 Å². The molecule has 25 heavy (non-hydrogen) atoms. The van der Waals surface area contributed by atoms with Crippen molar-refractivity contribution in [2.45, 2.75) is 32.1 Å². The van der Waals surface area contributed by atoms with E-state index in [4.69, 9.17) is 4.65 Å². The van der Waals surface area contributed by atoms with Crippen LogP contribution < -0.4 is 0 Å². The molecule has 0 aliphatic rings. The van der Waals surface area contributed by atoms with Gasteiger partial charge in [-0.1, -0.05) is 91.0 Å². The van der Waals surface area contributed by atoms with Crippen molar-refractivity contribution in [3.05, 3.63) is 108 Å². The van der Waals surface area contributed by atoms with Crippen molar-refractivity contribution in [2.24, 2.45) is 0 Å². The lowest BCUT2D eigenvalue weighted by Gasteiger charge is -2.15. The van der Waals surface area contributed by atoms with Gasteiger partial charge in [-0.2, -0.15) is 0 Å². The Kier molecular flexibility index (Phi) is 6.90. The molecule has 2 heteroatoms. The van der Waals surface area contributed by atoms with E-state index in [-0.39, 0.29) is 6.92 Å². The van der Waals surface area contributed by atoms with Crippen LogP contribution in [0.5, 0.6) is 0 Å². The third kappa shape index (κ3) is 6.24. The third-order valence-electron chi connectivity index (χ3n) is 4.52. The second-order valence-corrected chi connectivity index (χ2v) is 6.47. The molecule has 0 aromatic heterocycles. The van der Waals surface area contributed by atoms with E-state index < -0.39 is 0 Å². The number of hydrogen-bond acceptors (Lipinski definition) is 1. The molecule has 0 fully saturated rings. The van der Waals surface area contributed by atoms with Crippen LogP contribution in [0, 0.1) is 0 Å². The van der Waals surface area contributed by atoms with Gasteiger partial charge in [0.2, 0.25) is 0 Å². The highest BCUT2D eigenvalue weighted by molar-refractivity contribution is 6.51. The molecule has 0 unspecified atom stereocenters. The molecule has 0 radical (unpaired) electrons. The first-order chi connectivity index (χ1) is 12.4. The van der Waals surface area contributed by atoms with E-state index in [0.29, 0.717) is 6.61 Å². The molecule has 126 valence electrons. The lowest BCUT2D eigenvalue weighted by atomic mass is 9.59. The quantitative estimate of drug-likeness (QED) is 0.459. The van der Waals surface area contributed by atoms with Crippen LogP contribution in [-0.2, 0) is 24.1 Å². The molecule has 0 amide bonds. The van der Waals surface area contributed by atoms with Crippen LogP contribution in [0.3, 0.4) is 0 Å². The number of aryl methyl sites for hydroxylation is 2. The largest absolute Gasteiger partial charge is 0.432 e. The molecule has 0 bridgehead atoms. The Morgan fingerprint density at radius 3 is 1.36 bits per heavy atom. The Bertz CT molecular complexity index is 609. The minimum absolute atomic E-state index is 0.278. The molecular formula is C23H25BO.